The minimum Gasteiger partial charge on any atom is -0.507 e. The molecule has 1 aliphatic carbocycles. The molecule has 28 heavy (non-hydrogen) atoms. The number of carbonyl (C=O) groups excluding carboxylic acids is 3. The van der Waals surface area contributed by atoms with Gasteiger partial charge in [0.25, 0.3) is 11.8 Å². The summed E-state index contributed by atoms with van der Waals surface area (Å²) in [5.74, 6) is -1.33. The monoisotopic (exact) mass is 385 g/mol. The van der Waals surface area contributed by atoms with Gasteiger partial charge in [-0.05, 0) is 44.9 Å². The molecule has 1 saturated carbocycles. The Balaban J connectivity index is 1.90. The SMILES string of the molecule is CCN(CC)c1ccc(C=C2C(=O)NC(=O)N(C3CCCCC3)C2=O)c(O)c1. The van der Waals surface area contributed by atoms with Crippen molar-refractivity contribution in [1.29, 1.82) is 0 Å². The van der Waals surface area contributed by atoms with Gasteiger partial charge < -0.3 is 10.0 Å². The lowest BCUT2D eigenvalue weighted by atomic mass is 9.93. The summed E-state index contributed by atoms with van der Waals surface area (Å²) in [6, 6.07) is 4.30. The van der Waals surface area contributed by atoms with Crippen molar-refractivity contribution in [3.05, 3.63) is 29.3 Å². The molecule has 7 nitrogen and oxygen atoms in total. The van der Waals surface area contributed by atoms with Crippen LogP contribution in [0.15, 0.2) is 23.8 Å². The van der Waals surface area contributed by atoms with Crippen LogP contribution in [-0.4, -0.2) is 47.0 Å². The molecule has 1 aliphatic heterocycles. The predicted octanol–water partition coefficient (Wildman–Crippen LogP) is 3.03. The van der Waals surface area contributed by atoms with Crippen molar-refractivity contribution in [2.75, 3.05) is 18.0 Å². The molecule has 7 heteroatoms. The number of anilines is 1. The van der Waals surface area contributed by atoms with Gasteiger partial charge in [-0.3, -0.25) is 19.8 Å². The Morgan fingerprint density at radius 1 is 1.14 bits per heavy atom. The van der Waals surface area contributed by atoms with Gasteiger partial charge in [0.2, 0.25) is 0 Å². The van der Waals surface area contributed by atoms with Gasteiger partial charge in [-0.25, -0.2) is 4.79 Å². The van der Waals surface area contributed by atoms with Crippen LogP contribution < -0.4 is 10.2 Å². The molecular formula is C21H27N3O4. The molecule has 0 atom stereocenters. The van der Waals surface area contributed by atoms with Crippen molar-refractivity contribution in [3.8, 4) is 5.75 Å². The van der Waals surface area contributed by atoms with Crippen LogP contribution in [0.5, 0.6) is 5.75 Å². The fraction of sp³-hybridized carbons (Fsp3) is 0.476. The lowest BCUT2D eigenvalue weighted by molar-refractivity contribution is -0.132. The van der Waals surface area contributed by atoms with E-state index in [0.29, 0.717) is 5.56 Å². The number of rotatable bonds is 5. The van der Waals surface area contributed by atoms with Gasteiger partial charge in [0, 0.05) is 36.4 Å². The smallest absolute Gasteiger partial charge is 0.331 e. The standard InChI is InChI=1S/C21H27N3O4/c1-3-23(4-2)16-11-10-14(18(25)13-16)12-17-19(26)22-21(28)24(20(17)27)15-8-6-5-7-9-15/h10-13,15,25H,3-9H2,1-2H3,(H,22,26,28). The molecule has 4 amide bonds. The number of aromatic hydroxyl groups is 1. The molecule has 0 spiro atoms. The van der Waals surface area contributed by atoms with Crippen molar-refractivity contribution in [1.82, 2.24) is 10.2 Å². The number of benzene rings is 1. The van der Waals surface area contributed by atoms with Gasteiger partial charge >= 0.3 is 6.03 Å². The molecule has 2 fully saturated rings. The van der Waals surface area contributed by atoms with Gasteiger partial charge in [0.05, 0.1) is 0 Å². The highest BCUT2D eigenvalue weighted by Gasteiger charge is 2.40. The Labute approximate surface area is 165 Å². The van der Waals surface area contributed by atoms with Crippen molar-refractivity contribution in [3.63, 3.8) is 0 Å². The number of barbiturate groups is 1. The third-order valence-corrected chi connectivity index (χ3v) is 5.52. The van der Waals surface area contributed by atoms with Crippen molar-refractivity contribution in [2.24, 2.45) is 0 Å². The van der Waals surface area contributed by atoms with E-state index in [1.165, 1.54) is 11.0 Å². The molecule has 1 aromatic rings. The molecule has 0 bridgehead atoms. The topological polar surface area (TPSA) is 90.0 Å². The predicted molar refractivity (Wildman–Crippen MR) is 107 cm³/mol. The maximum Gasteiger partial charge on any atom is 0.331 e. The molecule has 1 heterocycles. The Kier molecular flexibility index (Phi) is 6.02. The Morgan fingerprint density at radius 3 is 2.43 bits per heavy atom. The largest absolute Gasteiger partial charge is 0.507 e. The summed E-state index contributed by atoms with van der Waals surface area (Å²) < 4.78 is 0. The zero-order chi connectivity index (χ0) is 20.3. The number of amides is 4. The second-order valence-electron chi connectivity index (χ2n) is 7.20. The summed E-state index contributed by atoms with van der Waals surface area (Å²) in [4.78, 5) is 40.7. The maximum atomic E-state index is 12.9. The Morgan fingerprint density at radius 2 is 1.82 bits per heavy atom. The first-order chi connectivity index (χ1) is 13.5. The molecule has 0 aromatic heterocycles. The number of imide groups is 2. The lowest BCUT2D eigenvalue weighted by Crippen LogP contribution is -2.58. The molecular weight excluding hydrogens is 358 g/mol. The quantitative estimate of drug-likeness (QED) is 0.601. The van der Waals surface area contributed by atoms with Crippen molar-refractivity contribution in [2.45, 2.75) is 52.0 Å². The van der Waals surface area contributed by atoms with E-state index in [4.69, 9.17) is 0 Å². The zero-order valence-electron chi connectivity index (χ0n) is 16.4. The van der Waals surface area contributed by atoms with E-state index in [0.717, 1.165) is 50.9 Å². The highest BCUT2D eigenvalue weighted by Crippen LogP contribution is 2.29. The number of nitrogens with one attached hydrogen (secondary N) is 1. The van der Waals surface area contributed by atoms with Crippen LogP contribution in [0.25, 0.3) is 6.08 Å². The molecule has 150 valence electrons. The fourth-order valence-corrected chi connectivity index (χ4v) is 3.94. The van der Waals surface area contributed by atoms with Crippen LogP contribution >= 0.6 is 0 Å². The van der Waals surface area contributed by atoms with Gasteiger partial charge in [0.1, 0.15) is 11.3 Å². The van der Waals surface area contributed by atoms with Crippen molar-refractivity contribution >= 4 is 29.6 Å². The van der Waals surface area contributed by atoms with Crippen LogP contribution in [0.2, 0.25) is 0 Å². The molecule has 2 aliphatic rings. The number of phenolic OH excluding ortho intramolecular Hbond substituents is 1. The second kappa shape index (κ2) is 8.46. The third kappa shape index (κ3) is 3.88. The summed E-state index contributed by atoms with van der Waals surface area (Å²) in [6.45, 7) is 5.65. The summed E-state index contributed by atoms with van der Waals surface area (Å²) in [5, 5.41) is 12.7. The first-order valence-electron chi connectivity index (χ1n) is 9.94. The summed E-state index contributed by atoms with van der Waals surface area (Å²) >= 11 is 0. The second-order valence-corrected chi connectivity index (χ2v) is 7.20. The fourth-order valence-electron chi connectivity index (χ4n) is 3.94. The van der Waals surface area contributed by atoms with E-state index in [1.807, 2.05) is 19.9 Å². The number of hydrogen-bond acceptors (Lipinski definition) is 5. The molecule has 3 rings (SSSR count). The van der Waals surface area contributed by atoms with E-state index in [9.17, 15) is 19.5 Å². The van der Waals surface area contributed by atoms with Crippen molar-refractivity contribution < 1.29 is 19.5 Å². The van der Waals surface area contributed by atoms with Gasteiger partial charge in [-0.15, -0.1) is 0 Å². The van der Waals surface area contributed by atoms with Crippen LogP contribution in [-0.2, 0) is 9.59 Å². The Bertz CT molecular complexity index is 808. The van der Waals surface area contributed by atoms with Crippen LogP contribution in [0.1, 0.15) is 51.5 Å². The van der Waals surface area contributed by atoms with E-state index < -0.39 is 17.8 Å². The average molecular weight is 385 g/mol. The first-order valence-corrected chi connectivity index (χ1v) is 9.94. The summed E-state index contributed by atoms with van der Waals surface area (Å²) in [6.07, 6.45) is 5.88. The third-order valence-electron chi connectivity index (χ3n) is 5.52. The van der Waals surface area contributed by atoms with E-state index >= 15 is 0 Å². The minimum atomic E-state index is -0.728. The average Bonchev–Trinajstić information content (AvgIpc) is 2.68. The van der Waals surface area contributed by atoms with Gasteiger partial charge in [-0.2, -0.15) is 0 Å². The maximum absolute atomic E-state index is 12.9. The molecule has 1 saturated heterocycles. The van der Waals surface area contributed by atoms with Crippen LogP contribution in [0, 0.1) is 0 Å². The highest BCUT2D eigenvalue weighted by atomic mass is 16.3. The summed E-state index contributed by atoms with van der Waals surface area (Å²) in [7, 11) is 0. The van der Waals surface area contributed by atoms with E-state index in [2.05, 4.69) is 10.2 Å². The molecule has 1 aromatic carbocycles. The number of phenols is 1. The lowest BCUT2D eigenvalue weighted by Gasteiger charge is -2.35. The van der Waals surface area contributed by atoms with E-state index in [1.54, 1.807) is 12.1 Å². The van der Waals surface area contributed by atoms with Gasteiger partial charge in [0.15, 0.2) is 0 Å². The number of carbonyl (C=O) groups is 3. The molecule has 0 unspecified atom stereocenters. The number of hydrogen-bond donors (Lipinski definition) is 2. The molecule has 0 radical (unpaired) electrons. The number of urea groups is 1. The number of nitrogens with zero attached hydrogens (tertiary/aromatic N) is 2. The zero-order valence-corrected chi connectivity index (χ0v) is 16.4. The first kappa shape index (κ1) is 19.9. The van der Waals surface area contributed by atoms with E-state index in [-0.39, 0.29) is 17.4 Å². The van der Waals surface area contributed by atoms with Gasteiger partial charge in [-0.1, -0.05) is 19.3 Å². The minimum absolute atomic E-state index is 0.0152. The summed E-state index contributed by atoms with van der Waals surface area (Å²) in [5.41, 5.74) is 1.10. The normalized spacial score (nSPS) is 19.9. The highest BCUT2D eigenvalue weighted by molar-refractivity contribution is 6.31. The molecule has 2 N–H and O–H groups in total. The Hall–Kier alpha value is -2.83. The van der Waals surface area contributed by atoms with Crippen LogP contribution in [0.4, 0.5) is 10.5 Å². The van der Waals surface area contributed by atoms with Crippen LogP contribution in [0.3, 0.4) is 0 Å².